The third-order valence-corrected chi connectivity index (χ3v) is 5.78. The predicted molar refractivity (Wildman–Crippen MR) is 95.3 cm³/mol. The minimum atomic E-state index is 0.245. The van der Waals surface area contributed by atoms with E-state index in [0.717, 1.165) is 33.3 Å². The van der Waals surface area contributed by atoms with Gasteiger partial charge in [-0.2, -0.15) is 0 Å². The van der Waals surface area contributed by atoms with E-state index in [4.69, 9.17) is 4.42 Å². The van der Waals surface area contributed by atoms with Crippen LogP contribution in [-0.4, -0.2) is 31.7 Å². The lowest BCUT2D eigenvalue weighted by molar-refractivity contribution is 0.223. The smallest absolute Gasteiger partial charge is 0.198 e. The molecule has 3 aromatic heterocycles. The molecule has 0 saturated carbocycles. The Morgan fingerprint density at radius 1 is 1.38 bits per heavy atom. The summed E-state index contributed by atoms with van der Waals surface area (Å²) in [4.78, 5) is 8.19. The summed E-state index contributed by atoms with van der Waals surface area (Å²) in [7, 11) is 4.01. The van der Waals surface area contributed by atoms with E-state index in [9.17, 15) is 0 Å². The summed E-state index contributed by atoms with van der Waals surface area (Å²) < 4.78 is 7.80. The van der Waals surface area contributed by atoms with Crippen LogP contribution in [0.5, 0.6) is 0 Å². The number of aryl methyl sites for hydroxylation is 3. The van der Waals surface area contributed by atoms with Crippen molar-refractivity contribution in [3.8, 4) is 0 Å². The second-order valence-corrected chi connectivity index (χ2v) is 8.19. The lowest BCUT2D eigenvalue weighted by atomic mass is 10.2. The molecule has 6 nitrogen and oxygen atoms in total. The minimum Gasteiger partial charge on any atom is -0.453 e. The van der Waals surface area contributed by atoms with E-state index in [2.05, 4.69) is 47.9 Å². The fourth-order valence-electron chi connectivity index (χ4n) is 2.48. The second kappa shape index (κ2) is 7.08. The van der Waals surface area contributed by atoms with Crippen molar-refractivity contribution in [2.75, 3.05) is 7.05 Å². The number of hydrogen-bond donors (Lipinski definition) is 0. The van der Waals surface area contributed by atoms with Gasteiger partial charge >= 0.3 is 0 Å². The first-order valence-electron chi connectivity index (χ1n) is 7.68. The second-order valence-electron chi connectivity index (χ2n) is 5.81. The number of rotatable bonds is 6. The summed E-state index contributed by atoms with van der Waals surface area (Å²) >= 11 is 3.22. The fourth-order valence-corrected chi connectivity index (χ4v) is 4.13. The first kappa shape index (κ1) is 17.2. The molecule has 24 heavy (non-hydrogen) atoms. The van der Waals surface area contributed by atoms with Crippen LogP contribution in [0.2, 0.25) is 0 Å². The van der Waals surface area contributed by atoms with Gasteiger partial charge in [0.2, 0.25) is 0 Å². The predicted octanol–water partition coefficient (Wildman–Crippen LogP) is 3.83. The van der Waals surface area contributed by atoms with E-state index in [1.54, 1.807) is 17.7 Å². The van der Waals surface area contributed by atoms with Crippen LogP contribution in [0.3, 0.4) is 0 Å². The molecule has 0 spiro atoms. The normalized spacial score (nSPS) is 12.9. The van der Waals surface area contributed by atoms with Gasteiger partial charge in [-0.1, -0.05) is 0 Å². The van der Waals surface area contributed by atoms with Gasteiger partial charge in [-0.3, -0.25) is 4.90 Å². The Morgan fingerprint density at radius 3 is 2.79 bits per heavy atom. The van der Waals surface area contributed by atoms with Gasteiger partial charge in [0.15, 0.2) is 10.2 Å². The lowest BCUT2D eigenvalue weighted by Gasteiger charge is -2.22. The van der Waals surface area contributed by atoms with E-state index in [0.29, 0.717) is 0 Å². The summed E-state index contributed by atoms with van der Waals surface area (Å²) in [6.45, 7) is 7.10. The quantitative estimate of drug-likeness (QED) is 0.663. The van der Waals surface area contributed by atoms with Gasteiger partial charge < -0.3 is 8.98 Å². The van der Waals surface area contributed by atoms with Crippen molar-refractivity contribution in [2.24, 2.45) is 7.05 Å². The monoisotopic (exact) mass is 363 g/mol. The summed E-state index contributed by atoms with van der Waals surface area (Å²) in [6, 6.07) is 4.24. The Kier molecular flexibility index (Phi) is 5.07. The van der Waals surface area contributed by atoms with Crippen molar-refractivity contribution in [3.63, 3.8) is 0 Å². The highest BCUT2D eigenvalue weighted by atomic mass is 32.2. The average Bonchev–Trinajstić information content (AvgIpc) is 3.21. The van der Waals surface area contributed by atoms with E-state index in [1.807, 2.05) is 23.7 Å². The van der Waals surface area contributed by atoms with E-state index in [-0.39, 0.29) is 6.04 Å². The molecule has 0 amide bonds. The third kappa shape index (κ3) is 3.71. The van der Waals surface area contributed by atoms with Crippen LogP contribution >= 0.6 is 23.1 Å². The number of thiazole rings is 1. The molecule has 0 saturated heterocycles. The van der Waals surface area contributed by atoms with Crippen molar-refractivity contribution in [3.05, 3.63) is 39.8 Å². The van der Waals surface area contributed by atoms with Crippen molar-refractivity contribution in [1.82, 2.24) is 24.6 Å². The number of furan rings is 1. The largest absolute Gasteiger partial charge is 0.453 e. The highest BCUT2D eigenvalue weighted by molar-refractivity contribution is 7.99. The Morgan fingerprint density at radius 2 is 2.17 bits per heavy atom. The lowest BCUT2D eigenvalue weighted by Crippen LogP contribution is -2.22. The molecule has 0 aromatic carbocycles. The Hall–Kier alpha value is -1.64. The van der Waals surface area contributed by atoms with Crippen LogP contribution in [0.1, 0.15) is 34.3 Å². The number of nitrogens with zero attached hydrogens (tertiary/aromatic N) is 5. The van der Waals surface area contributed by atoms with Crippen LogP contribution in [0.15, 0.2) is 33.1 Å². The SMILES string of the molecule is Cc1nc([C@@H](C)N(C)Cc2ccc(Sc3nncn3C)o2)c(C)s1. The zero-order valence-electron chi connectivity index (χ0n) is 14.5. The van der Waals surface area contributed by atoms with E-state index in [1.165, 1.54) is 16.6 Å². The average molecular weight is 364 g/mol. The molecule has 1 atom stereocenters. The summed E-state index contributed by atoms with van der Waals surface area (Å²) in [5, 5.41) is 10.7. The van der Waals surface area contributed by atoms with Gasteiger partial charge in [-0.25, -0.2) is 4.98 Å². The van der Waals surface area contributed by atoms with Crippen molar-refractivity contribution in [1.29, 1.82) is 0 Å². The molecule has 0 aliphatic heterocycles. The molecule has 0 bridgehead atoms. The Balaban J connectivity index is 1.65. The maximum atomic E-state index is 5.93. The summed E-state index contributed by atoms with van der Waals surface area (Å²) in [5.74, 6) is 0.929. The summed E-state index contributed by atoms with van der Waals surface area (Å²) in [5.41, 5.74) is 1.15. The molecule has 0 aliphatic carbocycles. The van der Waals surface area contributed by atoms with Gasteiger partial charge in [0, 0.05) is 11.9 Å². The van der Waals surface area contributed by atoms with Crippen LogP contribution < -0.4 is 0 Å². The molecule has 3 heterocycles. The Bertz CT molecular complexity index is 822. The first-order chi connectivity index (χ1) is 11.4. The third-order valence-electron chi connectivity index (χ3n) is 3.90. The highest BCUT2D eigenvalue weighted by Crippen LogP contribution is 2.30. The van der Waals surface area contributed by atoms with Crippen LogP contribution in [-0.2, 0) is 13.6 Å². The minimum absolute atomic E-state index is 0.245. The summed E-state index contributed by atoms with van der Waals surface area (Å²) in [6.07, 6.45) is 1.68. The fraction of sp³-hybridized carbons (Fsp3) is 0.438. The van der Waals surface area contributed by atoms with Gasteiger partial charge in [0.05, 0.1) is 23.3 Å². The maximum Gasteiger partial charge on any atom is 0.198 e. The zero-order valence-corrected chi connectivity index (χ0v) is 16.1. The molecule has 0 radical (unpaired) electrons. The number of hydrogen-bond acceptors (Lipinski definition) is 7. The molecular formula is C16H21N5OS2. The van der Waals surface area contributed by atoms with Crippen molar-refractivity contribution < 1.29 is 4.42 Å². The van der Waals surface area contributed by atoms with E-state index < -0.39 is 0 Å². The standard InChI is InChI=1S/C16H21N5OS2/c1-10(15-11(2)23-12(3)18-15)20(4)8-13-6-7-14(22-13)24-16-19-17-9-21(16)5/h6-7,9-10H,8H2,1-5H3/t10-/m1/s1. The maximum absolute atomic E-state index is 5.93. The Labute approximate surface area is 149 Å². The highest BCUT2D eigenvalue weighted by Gasteiger charge is 2.19. The van der Waals surface area contributed by atoms with Crippen LogP contribution in [0.25, 0.3) is 0 Å². The van der Waals surface area contributed by atoms with Gasteiger partial charge in [0.1, 0.15) is 12.1 Å². The molecule has 8 heteroatoms. The van der Waals surface area contributed by atoms with E-state index >= 15 is 0 Å². The first-order valence-corrected chi connectivity index (χ1v) is 9.32. The van der Waals surface area contributed by atoms with Crippen molar-refractivity contribution >= 4 is 23.1 Å². The van der Waals surface area contributed by atoms with Crippen LogP contribution in [0.4, 0.5) is 0 Å². The van der Waals surface area contributed by atoms with Gasteiger partial charge in [-0.15, -0.1) is 21.5 Å². The molecule has 128 valence electrons. The van der Waals surface area contributed by atoms with Gasteiger partial charge in [0.25, 0.3) is 0 Å². The molecular weight excluding hydrogens is 342 g/mol. The zero-order chi connectivity index (χ0) is 17.3. The molecule has 0 N–H and O–H groups in total. The van der Waals surface area contributed by atoms with Crippen LogP contribution in [0, 0.1) is 13.8 Å². The number of aromatic nitrogens is 4. The molecule has 0 aliphatic rings. The topological polar surface area (TPSA) is 60.0 Å². The molecule has 0 fully saturated rings. The molecule has 0 unspecified atom stereocenters. The van der Waals surface area contributed by atoms with Crippen molar-refractivity contribution in [2.45, 2.75) is 43.6 Å². The van der Waals surface area contributed by atoms with Gasteiger partial charge in [-0.05, 0) is 51.7 Å². The molecule has 3 rings (SSSR count). The molecule has 3 aromatic rings.